The maximum absolute atomic E-state index is 13.5. The number of nitro groups is 1. The summed E-state index contributed by atoms with van der Waals surface area (Å²) >= 11 is 6.54. The molecule has 1 aliphatic carbocycles. The Labute approximate surface area is 210 Å². The van der Waals surface area contributed by atoms with E-state index in [-0.39, 0.29) is 22.4 Å². The van der Waals surface area contributed by atoms with Crippen molar-refractivity contribution in [2.24, 2.45) is 11.8 Å². The van der Waals surface area contributed by atoms with Crippen molar-refractivity contribution >= 4 is 28.9 Å². The molecule has 186 valence electrons. The zero-order valence-corrected chi connectivity index (χ0v) is 20.9. The largest absolute Gasteiger partial charge is 0.496 e. The van der Waals surface area contributed by atoms with E-state index in [0.717, 1.165) is 55.4 Å². The molecule has 2 aromatic rings. The SMILES string of the molecule is COc1ccc(Cl)c2c1C[C@H]1C[C@@H](C(=O)N3CCN(c4ccc([N+](=O)[O-])cc4)CC3)CN(C)[C@@H]1C2. The predicted octanol–water partition coefficient (Wildman–Crippen LogP) is 3.64. The molecule has 5 rings (SSSR count). The van der Waals surface area contributed by atoms with E-state index in [0.29, 0.717) is 25.0 Å². The van der Waals surface area contributed by atoms with Gasteiger partial charge in [-0.25, -0.2) is 0 Å². The van der Waals surface area contributed by atoms with Crippen LogP contribution in [0.25, 0.3) is 0 Å². The van der Waals surface area contributed by atoms with Gasteiger partial charge in [-0.15, -0.1) is 0 Å². The molecule has 1 amide bonds. The predicted molar refractivity (Wildman–Crippen MR) is 135 cm³/mol. The van der Waals surface area contributed by atoms with Crippen LogP contribution in [0.15, 0.2) is 36.4 Å². The lowest BCUT2D eigenvalue weighted by Crippen LogP contribution is -2.56. The number of likely N-dealkylation sites (tertiary alicyclic amines) is 1. The van der Waals surface area contributed by atoms with Crippen LogP contribution in [-0.4, -0.2) is 73.6 Å². The number of amides is 1. The molecule has 0 spiro atoms. The highest BCUT2D eigenvalue weighted by Gasteiger charge is 2.42. The summed E-state index contributed by atoms with van der Waals surface area (Å²) in [5.41, 5.74) is 3.43. The summed E-state index contributed by atoms with van der Waals surface area (Å²) in [6.07, 6.45) is 2.65. The van der Waals surface area contributed by atoms with Crippen molar-refractivity contribution < 1.29 is 14.5 Å². The van der Waals surface area contributed by atoms with Crippen LogP contribution in [0.2, 0.25) is 5.02 Å². The van der Waals surface area contributed by atoms with E-state index in [4.69, 9.17) is 16.3 Å². The number of halogens is 1. The molecule has 2 aliphatic heterocycles. The Morgan fingerprint density at radius 1 is 1.06 bits per heavy atom. The summed E-state index contributed by atoms with van der Waals surface area (Å²) in [4.78, 5) is 30.6. The third-order valence-corrected chi connectivity index (χ3v) is 8.36. The Morgan fingerprint density at radius 3 is 2.43 bits per heavy atom. The number of likely N-dealkylation sites (N-methyl/N-ethyl adjacent to an activating group) is 1. The molecule has 2 heterocycles. The molecule has 0 unspecified atom stereocenters. The molecule has 3 atom stereocenters. The van der Waals surface area contributed by atoms with Crippen LogP contribution in [0, 0.1) is 22.0 Å². The number of hydrogen-bond acceptors (Lipinski definition) is 6. The quantitative estimate of drug-likeness (QED) is 0.473. The molecular formula is C26H31ClN4O4. The molecular weight excluding hydrogens is 468 g/mol. The molecule has 2 fully saturated rings. The molecule has 2 aromatic carbocycles. The Bertz CT molecular complexity index is 1120. The maximum Gasteiger partial charge on any atom is 0.269 e. The number of carbonyl (C=O) groups excluding carboxylic acids is 1. The number of non-ortho nitro benzene ring substituents is 1. The van der Waals surface area contributed by atoms with Gasteiger partial charge in [0.25, 0.3) is 5.69 Å². The number of piperazine rings is 1. The number of rotatable bonds is 4. The van der Waals surface area contributed by atoms with E-state index in [1.54, 1.807) is 19.2 Å². The van der Waals surface area contributed by atoms with Crippen LogP contribution >= 0.6 is 11.6 Å². The van der Waals surface area contributed by atoms with Crippen molar-refractivity contribution in [2.45, 2.75) is 25.3 Å². The average molecular weight is 499 g/mol. The monoisotopic (exact) mass is 498 g/mol. The topological polar surface area (TPSA) is 79.2 Å². The first-order valence-electron chi connectivity index (χ1n) is 12.2. The first-order chi connectivity index (χ1) is 16.9. The third kappa shape index (κ3) is 4.57. The highest BCUT2D eigenvalue weighted by Crippen LogP contribution is 2.42. The Morgan fingerprint density at radius 2 is 1.77 bits per heavy atom. The van der Waals surface area contributed by atoms with Crippen LogP contribution in [0.4, 0.5) is 11.4 Å². The lowest BCUT2D eigenvalue weighted by Gasteiger charge is -2.47. The van der Waals surface area contributed by atoms with Crippen molar-refractivity contribution in [3.63, 3.8) is 0 Å². The summed E-state index contributed by atoms with van der Waals surface area (Å²) in [6.45, 7) is 3.54. The minimum Gasteiger partial charge on any atom is -0.496 e. The molecule has 0 N–H and O–H groups in total. The van der Waals surface area contributed by atoms with Gasteiger partial charge in [0.1, 0.15) is 5.75 Å². The van der Waals surface area contributed by atoms with Gasteiger partial charge in [-0.3, -0.25) is 14.9 Å². The van der Waals surface area contributed by atoms with Gasteiger partial charge in [-0.1, -0.05) is 11.6 Å². The molecule has 0 saturated carbocycles. The van der Waals surface area contributed by atoms with Crippen molar-refractivity contribution in [1.82, 2.24) is 9.80 Å². The van der Waals surface area contributed by atoms with E-state index >= 15 is 0 Å². The van der Waals surface area contributed by atoms with Crippen LogP contribution in [0.1, 0.15) is 17.5 Å². The number of hydrogen-bond donors (Lipinski definition) is 0. The highest BCUT2D eigenvalue weighted by atomic mass is 35.5. The van der Waals surface area contributed by atoms with Gasteiger partial charge >= 0.3 is 0 Å². The van der Waals surface area contributed by atoms with Gasteiger partial charge in [0.15, 0.2) is 0 Å². The molecule has 35 heavy (non-hydrogen) atoms. The van der Waals surface area contributed by atoms with Crippen LogP contribution in [0.3, 0.4) is 0 Å². The number of methoxy groups -OCH3 is 1. The van der Waals surface area contributed by atoms with E-state index in [1.807, 2.05) is 17.0 Å². The zero-order chi connectivity index (χ0) is 24.7. The second-order valence-electron chi connectivity index (χ2n) is 9.90. The fourth-order valence-corrected chi connectivity index (χ4v) is 6.39. The van der Waals surface area contributed by atoms with Gasteiger partial charge in [0.05, 0.1) is 18.0 Å². The second kappa shape index (κ2) is 9.66. The minimum atomic E-state index is -0.387. The number of piperidine rings is 1. The Kier molecular flexibility index (Phi) is 6.59. The van der Waals surface area contributed by atoms with Crippen molar-refractivity contribution in [3.05, 3.63) is 62.7 Å². The Balaban J connectivity index is 1.23. The first kappa shape index (κ1) is 23.9. The molecule has 3 aliphatic rings. The van der Waals surface area contributed by atoms with E-state index < -0.39 is 0 Å². The number of ether oxygens (including phenoxy) is 1. The van der Waals surface area contributed by atoms with E-state index in [9.17, 15) is 14.9 Å². The van der Waals surface area contributed by atoms with Crippen molar-refractivity contribution in [3.8, 4) is 5.75 Å². The number of carbonyl (C=O) groups is 1. The number of anilines is 1. The number of fused-ring (bicyclic) bond motifs is 2. The van der Waals surface area contributed by atoms with Crippen LogP contribution < -0.4 is 9.64 Å². The normalized spacial score (nSPS) is 24.5. The van der Waals surface area contributed by atoms with E-state index in [2.05, 4.69) is 16.8 Å². The van der Waals surface area contributed by atoms with Gasteiger partial charge in [-0.2, -0.15) is 0 Å². The highest BCUT2D eigenvalue weighted by molar-refractivity contribution is 6.31. The first-order valence-corrected chi connectivity index (χ1v) is 12.6. The van der Waals surface area contributed by atoms with Crippen LogP contribution in [0.5, 0.6) is 5.75 Å². The van der Waals surface area contributed by atoms with Crippen molar-refractivity contribution in [1.29, 1.82) is 0 Å². The molecule has 0 aromatic heterocycles. The number of nitro benzene ring substituents is 1. The molecule has 2 saturated heterocycles. The van der Waals surface area contributed by atoms with Gasteiger partial charge < -0.3 is 19.4 Å². The summed E-state index contributed by atoms with van der Waals surface area (Å²) in [5, 5.41) is 11.7. The molecule has 0 radical (unpaired) electrons. The Hall–Kier alpha value is -2.84. The third-order valence-electron chi connectivity index (χ3n) is 8.00. The molecule has 8 nitrogen and oxygen atoms in total. The lowest BCUT2D eigenvalue weighted by atomic mass is 9.72. The molecule has 9 heteroatoms. The number of benzene rings is 2. The second-order valence-corrected chi connectivity index (χ2v) is 10.3. The van der Waals surface area contributed by atoms with Crippen LogP contribution in [-0.2, 0) is 17.6 Å². The fourth-order valence-electron chi connectivity index (χ4n) is 6.14. The summed E-state index contributed by atoms with van der Waals surface area (Å²) in [5.74, 6) is 1.51. The maximum atomic E-state index is 13.5. The van der Waals surface area contributed by atoms with E-state index in [1.165, 1.54) is 23.3 Å². The lowest BCUT2D eigenvalue weighted by molar-refractivity contribution is -0.384. The van der Waals surface area contributed by atoms with Gasteiger partial charge in [0.2, 0.25) is 5.91 Å². The zero-order valence-electron chi connectivity index (χ0n) is 20.2. The van der Waals surface area contributed by atoms with Crippen molar-refractivity contribution in [2.75, 3.05) is 51.8 Å². The summed E-state index contributed by atoms with van der Waals surface area (Å²) in [7, 11) is 3.83. The number of nitrogens with zero attached hydrogens (tertiary/aromatic N) is 4. The van der Waals surface area contributed by atoms with Gasteiger partial charge in [-0.05, 0) is 67.6 Å². The standard InChI is InChI=1S/C26H31ClN4O4/c1-28-16-18(13-17-14-22-21(15-24(17)28)23(27)7-8-25(22)35-2)26(32)30-11-9-29(10-12-30)19-3-5-20(6-4-19)31(33)34/h3-8,17-18,24H,9-16H2,1-2H3/t17-,18-,24-/m1/s1. The molecule has 0 bridgehead atoms. The fraction of sp³-hybridized carbons (Fsp3) is 0.500. The summed E-state index contributed by atoms with van der Waals surface area (Å²) in [6, 6.07) is 10.9. The summed E-state index contributed by atoms with van der Waals surface area (Å²) < 4.78 is 5.62. The minimum absolute atomic E-state index is 0.0149. The smallest absolute Gasteiger partial charge is 0.269 e. The average Bonchev–Trinajstić information content (AvgIpc) is 2.88. The van der Waals surface area contributed by atoms with Gasteiger partial charge in [0, 0.05) is 61.6 Å².